The minimum Gasteiger partial charge on any atom is -0.366 e. The molecule has 0 saturated heterocycles. The number of imidazole rings is 1. The predicted molar refractivity (Wildman–Crippen MR) is 142 cm³/mol. The second-order valence-corrected chi connectivity index (χ2v) is 8.98. The van der Waals surface area contributed by atoms with E-state index in [9.17, 15) is 23.2 Å². The molecule has 4 N–H and O–H groups in total. The molecule has 5 rings (SSSR count). The Morgan fingerprint density at radius 3 is 2.62 bits per heavy atom. The SMILES string of the molecule is NC(=O)c1cc(-c2cccnc2[C@H](Cc2cccc(F)c2)NC(=O)Cn2c(=O)[nH]c3ccccc32)ccc1F. The molecule has 3 aromatic carbocycles. The maximum Gasteiger partial charge on any atom is 0.326 e. The number of halogens is 2. The van der Waals surface area contributed by atoms with Crippen LogP contribution in [0.4, 0.5) is 8.78 Å². The third kappa shape index (κ3) is 5.45. The first-order valence-electron chi connectivity index (χ1n) is 12.1. The molecule has 0 radical (unpaired) electrons. The molecule has 0 unspecified atom stereocenters. The van der Waals surface area contributed by atoms with Gasteiger partial charge < -0.3 is 16.0 Å². The molecule has 39 heavy (non-hydrogen) atoms. The van der Waals surface area contributed by atoms with Crippen LogP contribution in [0.25, 0.3) is 22.2 Å². The number of hydrogen-bond acceptors (Lipinski definition) is 4. The summed E-state index contributed by atoms with van der Waals surface area (Å²) in [5.41, 5.74) is 7.77. The van der Waals surface area contributed by atoms with Gasteiger partial charge in [0.2, 0.25) is 5.91 Å². The minimum absolute atomic E-state index is 0.167. The van der Waals surface area contributed by atoms with Gasteiger partial charge in [0.15, 0.2) is 0 Å². The first-order valence-corrected chi connectivity index (χ1v) is 12.1. The van der Waals surface area contributed by atoms with Gasteiger partial charge in [-0.15, -0.1) is 0 Å². The van der Waals surface area contributed by atoms with Crippen molar-refractivity contribution in [2.45, 2.75) is 19.0 Å². The van der Waals surface area contributed by atoms with Gasteiger partial charge in [0, 0.05) is 11.8 Å². The molecule has 1 atom stereocenters. The van der Waals surface area contributed by atoms with Gasteiger partial charge in [-0.25, -0.2) is 13.6 Å². The van der Waals surface area contributed by atoms with Crippen molar-refractivity contribution >= 4 is 22.8 Å². The van der Waals surface area contributed by atoms with Gasteiger partial charge in [0.1, 0.15) is 18.2 Å². The molecule has 2 amide bonds. The van der Waals surface area contributed by atoms with Crippen LogP contribution in [0.1, 0.15) is 27.7 Å². The van der Waals surface area contributed by atoms with Crippen molar-refractivity contribution in [3.05, 3.63) is 124 Å². The average molecular weight is 528 g/mol. The topological polar surface area (TPSA) is 123 Å². The third-order valence-corrected chi connectivity index (χ3v) is 6.36. The van der Waals surface area contributed by atoms with E-state index in [2.05, 4.69) is 15.3 Å². The number of amides is 2. The number of benzene rings is 3. The molecular weight excluding hydrogens is 504 g/mol. The Morgan fingerprint density at radius 1 is 1.00 bits per heavy atom. The van der Waals surface area contributed by atoms with Crippen molar-refractivity contribution in [2.75, 3.05) is 0 Å². The summed E-state index contributed by atoms with van der Waals surface area (Å²) in [6.45, 7) is -0.271. The van der Waals surface area contributed by atoms with Crippen LogP contribution in [0.2, 0.25) is 0 Å². The molecule has 0 aliphatic heterocycles. The molecule has 0 spiro atoms. The van der Waals surface area contributed by atoms with Crippen molar-refractivity contribution in [1.29, 1.82) is 0 Å². The monoisotopic (exact) mass is 527 g/mol. The number of carbonyl (C=O) groups excluding carboxylic acids is 2. The molecule has 0 fully saturated rings. The van der Waals surface area contributed by atoms with Crippen molar-refractivity contribution in [3.63, 3.8) is 0 Å². The standard InChI is InChI=1S/C29H23F2N5O3/c30-19-6-3-5-17(13-19)14-24(34-26(37)16-36-25-9-2-1-8-23(25)35-29(36)39)27-20(7-4-12-33-27)18-10-11-22(31)21(15-18)28(32)38/h1-13,15,24H,14,16H2,(H2,32,38)(H,34,37)(H,35,39)/t24-/m0/s1. The first-order chi connectivity index (χ1) is 18.8. The molecule has 10 heteroatoms. The van der Waals surface area contributed by atoms with E-state index >= 15 is 0 Å². The predicted octanol–water partition coefficient (Wildman–Crippen LogP) is 3.87. The van der Waals surface area contributed by atoms with Gasteiger partial charge in [-0.05, 0) is 60.0 Å². The number of aromatic nitrogens is 3. The number of fused-ring (bicyclic) bond motifs is 1. The van der Waals surface area contributed by atoms with Gasteiger partial charge in [-0.1, -0.05) is 36.4 Å². The Balaban J connectivity index is 1.53. The fraction of sp³-hybridized carbons (Fsp3) is 0.103. The fourth-order valence-electron chi connectivity index (χ4n) is 4.58. The van der Waals surface area contributed by atoms with E-state index in [0.29, 0.717) is 33.4 Å². The molecule has 0 bridgehead atoms. The number of nitrogens with zero attached hydrogens (tertiary/aromatic N) is 2. The van der Waals surface area contributed by atoms with Crippen LogP contribution in [-0.4, -0.2) is 26.3 Å². The number of hydrogen-bond donors (Lipinski definition) is 3. The zero-order valence-electron chi connectivity index (χ0n) is 20.5. The second-order valence-electron chi connectivity index (χ2n) is 8.98. The number of pyridine rings is 1. The Kier molecular flexibility index (Phi) is 7.00. The molecule has 8 nitrogen and oxygen atoms in total. The number of H-pyrrole nitrogens is 1. The van der Waals surface area contributed by atoms with E-state index < -0.39 is 35.2 Å². The maximum absolute atomic E-state index is 14.2. The highest BCUT2D eigenvalue weighted by atomic mass is 19.1. The van der Waals surface area contributed by atoms with E-state index in [1.54, 1.807) is 48.5 Å². The summed E-state index contributed by atoms with van der Waals surface area (Å²) < 4.78 is 29.5. The summed E-state index contributed by atoms with van der Waals surface area (Å²) in [4.78, 5) is 44.8. The lowest BCUT2D eigenvalue weighted by Crippen LogP contribution is -2.35. The molecule has 5 aromatic rings. The lowest BCUT2D eigenvalue weighted by Gasteiger charge is -2.22. The number of para-hydroxylation sites is 2. The zero-order chi connectivity index (χ0) is 27.5. The van der Waals surface area contributed by atoms with E-state index in [4.69, 9.17) is 5.73 Å². The molecule has 2 aromatic heterocycles. The van der Waals surface area contributed by atoms with Gasteiger partial charge >= 0.3 is 5.69 Å². The van der Waals surface area contributed by atoms with Gasteiger partial charge in [0.05, 0.1) is 28.3 Å². The summed E-state index contributed by atoms with van der Waals surface area (Å²) in [5, 5.41) is 2.93. The summed E-state index contributed by atoms with van der Waals surface area (Å²) >= 11 is 0. The van der Waals surface area contributed by atoms with E-state index in [-0.39, 0.29) is 18.5 Å². The Hall–Kier alpha value is -5.12. The highest BCUT2D eigenvalue weighted by molar-refractivity contribution is 5.94. The first kappa shape index (κ1) is 25.5. The fourth-order valence-corrected chi connectivity index (χ4v) is 4.58. The molecule has 0 aliphatic rings. The smallest absolute Gasteiger partial charge is 0.326 e. The summed E-state index contributed by atoms with van der Waals surface area (Å²) in [6, 6.07) is 19.5. The van der Waals surface area contributed by atoms with Crippen LogP contribution < -0.4 is 16.7 Å². The minimum atomic E-state index is -0.923. The van der Waals surface area contributed by atoms with E-state index in [1.807, 2.05) is 0 Å². The quantitative estimate of drug-likeness (QED) is 0.284. The summed E-state index contributed by atoms with van der Waals surface area (Å²) in [6.07, 6.45) is 1.70. The van der Waals surface area contributed by atoms with Crippen molar-refractivity contribution in [1.82, 2.24) is 19.9 Å². The molecule has 196 valence electrons. The van der Waals surface area contributed by atoms with Gasteiger partial charge in [0.25, 0.3) is 5.91 Å². The van der Waals surface area contributed by atoms with Crippen LogP contribution in [0.5, 0.6) is 0 Å². The molecule has 0 aliphatic carbocycles. The van der Waals surface area contributed by atoms with Crippen LogP contribution in [0.3, 0.4) is 0 Å². The number of aromatic amines is 1. The molecule has 2 heterocycles. The Labute approximate surface area is 221 Å². The zero-order valence-corrected chi connectivity index (χ0v) is 20.5. The van der Waals surface area contributed by atoms with Gasteiger partial charge in [-0.3, -0.25) is 19.1 Å². The van der Waals surface area contributed by atoms with Crippen molar-refractivity contribution < 1.29 is 18.4 Å². The molecular formula is C29H23F2N5O3. The van der Waals surface area contributed by atoms with Crippen LogP contribution in [0, 0.1) is 11.6 Å². The van der Waals surface area contributed by atoms with Crippen LogP contribution in [0.15, 0.2) is 89.9 Å². The average Bonchev–Trinajstić information content (AvgIpc) is 3.23. The normalized spacial score (nSPS) is 11.8. The summed E-state index contributed by atoms with van der Waals surface area (Å²) in [5.74, 6) is -2.59. The number of primary amides is 1. The Morgan fingerprint density at radius 2 is 1.82 bits per heavy atom. The highest BCUT2D eigenvalue weighted by Crippen LogP contribution is 2.30. The number of nitrogens with two attached hydrogens (primary N) is 1. The summed E-state index contributed by atoms with van der Waals surface area (Å²) in [7, 11) is 0. The number of nitrogens with one attached hydrogen (secondary N) is 2. The third-order valence-electron chi connectivity index (χ3n) is 6.36. The van der Waals surface area contributed by atoms with Crippen LogP contribution >= 0.6 is 0 Å². The lowest BCUT2D eigenvalue weighted by atomic mass is 9.94. The lowest BCUT2D eigenvalue weighted by molar-refractivity contribution is -0.122. The molecule has 0 saturated carbocycles. The van der Waals surface area contributed by atoms with E-state index in [1.165, 1.54) is 35.0 Å². The Bertz CT molecular complexity index is 1760. The number of rotatable bonds is 8. The van der Waals surface area contributed by atoms with Crippen molar-refractivity contribution in [3.8, 4) is 11.1 Å². The second kappa shape index (κ2) is 10.7. The largest absolute Gasteiger partial charge is 0.366 e. The number of carbonyl (C=O) groups is 2. The van der Waals surface area contributed by atoms with Gasteiger partial charge in [-0.2, -0.15) is 0 Å². The maximum atomic E-state index is 14.2. The van der Waals surface area contributed by atoms with E-state index in [0.717, 1.165) is 6.07 Å². The van der Waals surface area contributed by atoms with Crippen molar-refractivity contribution in [2.24, 2.45) is 5.73 Å². The van der Waals surface area contributed by atoms with Crippen LogP contribution in [-0.2, 0) is 17.8 Å². The highest BCUT2D eigenvalue weighted by Gasteiger charge is 2.23.